The Morgan fingerprint density at radius 3 is 2.57 bits per heavy atom. The van der Waals surface area contributed by atoms with Gasteiger partial charge in [0.2, 0.25) is 5.88 Å². The van der Waals surface area contributed by atoms with Gasteiger partial charge in [0.15, 0.2) is 4.96 Å². The third kappa shape index (κ3) is 2.66. The molecule has 0 fully saturated rings. The molecular formula is C16H18N2O2S. The predicted molar refractivity (Wildman–Crippen MR) is 84.2 cm³/mol. The maximum absolute atomic E-state index is 9.52. The molecule has 2 aromatic heterocycles. The van der Waals surface area contributed by atoms with Crippen LogP contribution in [0, 0.1) is 0 Å². The topological polar surface area (TPSA) is 46.8 Å². The second-order valence-electron chi connectivity index (χ2n) is 5.95. The lowest BCUT2D eigenvalue weighted by Crippen LogP contribution is -2.10. The van der Waals surface area contributed by atoms with Crippen molar-refractivity contribution in [2.45, 2.75) is 32.8 Å². The summed E-state index contributed by atoms with van der Waals surface area (Å²) in [5.74, 6) is 1.19. The van der Waals surface area contributed by atoms with Crippen molar-refractivity contribution in [3.05, 3.63) is 47.1 Å². The van der Waals surface area contributed by atoms with Crippen molar-refractivity contribution in [1.82, 2.24) is 9.38 Å². The molecule has 5 heteroatoms. The fourth-order valence-corrected chi connectivity index (χ4v) is 2.90. The van der Waals surface area contributed by atoms with Crippen molar-refractivity contribution >= 4 is 16.3 Å². The molecule has 3 rings (SSSR count). The molecule has 0 spiro atoms. The van der Waals surface area contributed by atoms with Crippen molar-refractivity contribution in [3.8, 4) is 11.6 Å². The van der Waals surface area contributed by atoms with Crippen LogP contribution in [0.3, 0.4) is 0 Å². The summed E-state index contributed by atoms with van der Waals surface area (Å²) in [4.78, 5) is 5.23. The smallest absolute Gasteiger partial charge is 0.244 e. The van der Waals surface area contributed by atoms with Crippen LogP contribution in [-0.2, 0) is 12.0 Å². The SMILES string of the molecule is CC(C)(C)c1ccc(Oc2nc3sccn3c2CO)cc1. The largest absolute Gasteiger partial charge is 0.437 e. The summed E-state index contributed by atoms with van der Waals surface area (Å²) >= 11 is 1.51. The molecule has 0 saturated heterocycles. The molecule has 1 aromatic carbocycles. The molecule has 0 bridgehead atoms. The number of aliphatic hydroxyl groups is 1. The van der Waals surface area contributed by atoms with E-state index in [1.165, 1.54) is 16.9 Å². The highest BCUT2D eigenvalue weighted by atomic mass is 32.1. The highest BCUT2D eigenvalue weighted by Gasteiger charge is 2.16. The number of hydrogen-bond acceptors (Lipinski definition) is 4. The molecule has 0 aliphatic carbocycles. The summed E-state index contributed by atoms with van der Waals surface area (Å²) in [5.41, 5.74) is 2.04. The van der Waals surface area contributed by atoms with Gasteiger partial charge in [-0.15, -0.1) is 11.3 Å². The Morgan fingerprint density at radius 1 is 1.24 bits per heavy atom. The zero-order valence-electron chi connectivity index (χ0n) is 12.3. The molecule has 0 aliphatic rings. The lowest BCUT2D eigenvalue weighted by Gasteiger charge is -2.19. The summed E-state index contributed by atoms with van der Waals surface area (Å²) in [6.07, 6.45) is 1.88. The second kappa shape index (κ2) is 5.16. The first-order valence-corrected chi connectivity index (χ1v) is 7.70. The van der Waals surface area contributed by atoms with Crippen LogP contribution >= 0.6 is 11.3 Å². The molecule has 0 unspecified atom stereocenters. The zero-order chi connectivity index (χ0) is 15.0. The van der Waals surface area contributed by atoms with E-state index in [2.05, 4.69) is 37.9 Å². The third-order valence-corrected chi connectivity index (χ3v) is 4.17. The van der Waals surface area contributed by atoms with E-state index in [4.69, 9.17) is 4.74 Å². The van der Waals surface area contributed by atoms with Crippen LogP contribution in [0.25, 0.3) is 4.96 Å². The number of aromatic nitrogens is 2. The van der Waals surface area contributed by atoms with Gasteiger partial charge in [0, 0.05) is 11.6 Å². The fraction of sp³-hybridized carbons (Fsp3) is 0.312. The number of fused-ring (bicyclic) bond motifs is 1. The van der Waals surface area contributed by atoms with Crippen molar-refractivity contribution in [3.63, 3.8) is 0 Å². The number of imidazole rings is 1. The maximum atomic E-state index is 9.52. The molecule has 2 heterocycles. The number of benzene rings is 1. The van der Waals surface area contributed by atoms with Crippen molar-refractivity contribution in [2.75, 3.05) is 0 Å². The number of nitrogens with zero attached hydrogens (tertiary/aromatic N) is 2. The number of hydrogen-bond donors (Lipinski definition) is 1. The van der Waals surface area contributed by atoms with E-state index in [0.29, 0.717) is 11.6 Å². The van der Waals surface area contributed by atoms with Gasteiger partial charge in [0.1, 0.15) is 11.4 Å². The Kier molecular flexibility index (Phi) is 3.47. The van der Waals surface area contributed by atoms with Crippen LogP contribution < -0.4 is 4.74 Å². The van der Waals surface area contributed by atoms with Crippen molar-refractivity contribution in [1.29, 1.82) is 0 Å². The summed E-state index contributed by atoms with van der Waals surface area (Å²) in [5, 5.41) is 11.5. The average molecular weight is 302 g/mol. The lowest BCUT2D eigenvalue weighted by molar-refractivity contribution is 0.270. The minimum absolute atomic E-state index is 0.104. The van der Waals surface area contributed by atoms with Crippen LogP contribution in [0.2, 0.25) is 0 Å². The van der Waals surface area contributed by atoms with E-state index in [0.717, 1.165) is 10.7 Å². The first kappa shape index (κ1) is 14.1. The molecule has 110 valence electrons. The molecule has 0 atom stereocenters. The number of rotatable bonds is 3. The number of aliphatic hydroxyl groups excluding tert-OH is 1. The first-order valence-electron chi connectivity index (χ1n) is 6.83. The van der Waals surface area contributed by atoms with Crippen LogP contribution in [0.5, 0.6) is 11.6 Å². The zero-order valence-corrected chi connectivity index (χ0v) is 13.1. The minimum Gasteiger partial charge on any atom is -0.437 e. The highest BCUT2D eigenvalue weighted by Crippen LogP contribution is 2.30. The molecule has 3 aromatic rings. The van der Waals surface area contributed by atoms with E-state index in [1.807, 2.05) is 28.1 Å². The van der Waals surface area contributed by atoms with Crippen molar-refractivity contribution < 1.29 is 9.84 Å². The van der Waals surface area contributed by atoms with Gasteiger partial charge in [0.25, 0.3) is 0 Å². The summed E-state index contributed by atoms with van der Waals surface area (Å²) in [7, 11) is 0. The first-order chi connectivity index (χ1) is 9.99. The Morgan fingerprint density at radius 2 is 1.95 bits per heavy atom. The van der Waals surface area contributed by atoms with Crippen molar-refractivity contribution in [2.24, 2.45) is 0 Å². The van der Waals surface area contributed by atoms with Gasteiger partial charge in [0.05, 0.1) is 6.61 Å². The van der Waals surface area contributed by atoms with E-state index in [-0.39, 0.29) is 12.0 Å². The van der Waals surface area contributed by atoms with Crippen LogP contribution in [-0.4, -0.2) is 14.5 Å². The summed E-state index contributed by atoms with van der Waals surface area (Å²) in [6, 6.07) is 8.00. The summed E-state index contributed by atoms with van der Waals surface area (Å²) < 4.78 is 7.68. The molecule has 4 nitrogen and oxygen atoms in total. The van der Waals surface area contributed by atoms with E-state index in [1.54, 1.807) is 0 Å². The normalized spacial score (nSPS) is 12.0. The van der Waals surface area contributed by atoms with Gasteiger partial charge in [-0.3, -0.25) is 4.40 Å². The van der Waals surface area contributed by atoms with Crippen LogP contribution in [0.15, 0.2) is 35.8 Å². The molecule has 0 amide bonds. The van der Waals surface area contributed by atoms with Gasteiger partial charge in [-0.1, -0.05) is 32.9 Å². The van der Waals surface area contributed by atoms with Gasteiger partial charge in [-0.05, 0) is 23.1 Å². The highest BCUT2D eigenvalue weighted by molar-refractivity contribution is 7.15. The Labute approximate surface area is 127 Å². The second-order valence-corrected chi connectivity index (χ2v) is 6.83. The minimum atomic E-state index is -0.104. The maximum Gasteiger partial charge on any atom is 0.244 e. The molecular weight excluding hydrogens is 284 g/mol. The van der Waals surface area contributed by atoms with E-state index >= 15 is 0 Å². The quantitative estimate of drug-likeness (QED) is 0.796. The Bertz CT molecular complexity index is 751. The van der Waals surface area contributed by atoms with Gasteiger partial charge in [-0.2, -0.15) is 4.98 Å². The Hall–Kier alpha value is -1.85. The number of ether oxygens (including phenoxy) is 1. The predicted octanol–water partition coefficient (Wildman–Crippen LogP) is 3.98. The van der Waals surface area contributed by atoms with E-state index < -0.39 is 0 Å². The van der Waals surface area contributed by atoms with Gasteiger partial charge >= 0.3 is 0 Å². The lowest BCUT2D eigenvalue weighted by atomic mass is 9.87. The summed E-state index contributed by atoms with van der Waals surface area (Å²) in [6.45, 7) is 6.43. The molecule has 0 saturated carbocycles. The Balaban J connectivity index is 1.89. The molecule has 0 aliphatic heterocycles. The molecule has 21 heavy (non-hydrogen) atoms. The monoisotopic (exact) mass is 302 g/mol. The third-order valence-electron chi connectivity index (χ3n) is 3.41. The number of thiazole rings is 1. The van der Waals surface area contributed by atoms with Crippen LogP contribution in [0.1, 0.15) is 32.0 Å². The van der Waals surface area contributed by atoms with Gasteiger partial charge < -0.3 is 9.84 Å². The standard InChI is InChI=1S/C16H18N2O2S/c1-16(2,3)11-4-6-12(7-5-11)20-14-13(10-19)18-8-9-21-15(18)17-14/h4-9,19H,10H2,1-3H3. The molecule has 0 radical (unpaired) electrons. The van der Waals surface area contributed by atoms with E-state index in [9.17, 15) is 5.11 Å². The van der Waals surface area contributed by atoms with Gasteiger partial charge in [-0.25, -0.2) is 0 Å². The van der Waals surface area contributed by atoms with Crippen LogP contribution in [0.4, 0.5) is 0 Å². The molecule has 1 N–H and O–H groups in total. The fourth-order valence-electron chi connectivity index (χ4n) is 2.17. The average Bonchev–Trinajstić information content (AvgIpc) is 2.98.